The summed E-state index contributed by atoms with van der Waals surface area (Å²) in [5.74, 6) is 0.629. The van der Waals surface area contributed by atoms with Crippen molar-refractivity contribution < 1.29 is 8.42 Å². The van der Waals surface area contributed by atoms with Crippen molar-refractivity contribution in [2.24, 2.45) is 11.8 Å². The third kappa shape index (κ3) is 3.48. The van der Waals surface area contributed by atoms with Gasteiger partial charge in [0, 0.05) is 22.7 Å². The van der Waals surface area contributed by atoms with E-state index >= 15 is 0 Å². The largest absolute Gasteiger partial charge is 0.282 e. The van der Waals surface area contributed by atoms with Gasteiger partial charge in [0.25, 0.3) is 0 Å². The Labute approximate surface area is 177 Å². The molecule has 0 aromatic carbocycles. The van der Waals surface area contributed by atoms with Gasteiger partial charge < -0.3 is 0 Å². The van der Waals surface area contributed by atoms with E-state index in [0.717, 1.165) is 36.9 Å². The molecule has 2 bridgehead atoms. The molecule has 0 amide bonds. The Kier molecular flexibility index (Phi) is 5.88. The molecule has 0 spiro atoms. The zero-order chi connectivity index (χ0) is 20.8. The molecule has 1 saturated carbocycles. The van der Waals surface area contributed by atoms with Gasteiger partial charge in [0.15, 0.2) is 0 Å². The number of fused-ring (bicyclic) bond motifs is 4. The molecule has 0 radical (unpaired) electrons. The summed E-state index contributed by atoms with van der Waals surface area (Å²) in [4.78, 5) is 0. The molecule has 2 aliphatic heterocycles. The molecule has 4 atom stereocenters. The van der Waals surface area contributed by atoms with Crippen LogP contribution in [0.3, 0.4) is 0 Å². The lowest BCUT2D eigenvalue weighted by Crippen LogP contribution is -2.55. The van der Waals surface area contributed by atoms with Crippen LogP contribution in [0.15, 0.2) is 6.20 Å². The maximum Gasteiger partial charge on any atom is 0.217 e. The predicted octanol–water partition coefficient (Wildman–Crippen LogP) is 5.31. The summed E-state index contributed by atoms with van der Waals surface area (Å²) in [6, 6.07) is -0.0707. The highest BCUT2D eigenvalue weighted by Gasteiger charge is 2.61. The maximum atomic E-state index is 14.2. The van der Waals surface area contributed by atoms with E-state index in [-0.39, 0.29) is 22.7 Å². The number of nitrogens with one attached hydrogen (secondary N) is 1. The minimum atomic E-state index is -3.37. The number of nitrogens with zero attached hydrogens (tertiary/aromatic N) is 2. The van der Waals surface area contributed by atoms with E-state index in [4.69, 9.17) is 0 Å². The van der Waals surface area contributed by atoms with Gasteiger partial charge in [-0.05, 0) is 24.7 Å². The molecular formula is C23H39N3O2S. The van der Waals surface area contributed by atoms with E-state index in [9.17, 15) is 8.42 Å². The van der Waals surface area contributed by atoms with E-state index in [2.05, 4.69) is 37.9 Å². The van der Waals surface area contributed by atoms with Crippen molar-refractivity contribution in [2.45, 2.75) is 115 Å². The topological polar surface area (TPSA) is 66.1 Å². The first-order valence-electron chi connectivity index (χ1n) is 11.8. The first kappa shape index (κ1) is 21.4. The highest BCUT2D eigenvalue weighted by atomic mass is 32.2. The minimum Gasteiger partial charge on any atom is -0.282 e. The van der Waals surface area contributed by atoms with Crippen molar-refractivity contribution in [1.29, 1.82) is 0 Å². The van der Waals surface area contributed by atoms with Crippen LogP contribution in [0, 0.1) is 11.8 Å². The second kappa shape index (κ2) is 7.99. The van der Waals surface area contributed by atoms with Crippen molar-refractivity contribution in [3.05, 3.63) is 17.5 Å². The van der Waals surface area contributed by atoms with Crippen LogP contribution >= 0.6 is 0 Å². The lowest BCUT2D eigenvalue weighted by Gasteiger charge is -2.45. The Morgan fingerprint density at radius 3 is 2.10 bits per heavy atom. The molecule has 1 saturated heterocycles. The zero-order valence-corrected chi connectivity index (χ0v) is 19.5. The Hall–Kier alpha value is -0.880. The molecule has 1 aromatic rings. The van der Waals surface area contributed by atoms with Crippen LogP contribution in [-0.2, 0) is 15.4 Å². The van der Waals surface area contributed by atoms with Gasteiger partial charge >= 0.3 is 0 Å². The summed E-state index contributed by atoms with van der Waals surface area (Å²) in [7, 11) is -3.37. The lowest BCUT2D eigenvalue weighted by molar-refractivity contribution is 0.187. The fraction of sp³-hybridized carbons (Fsp3) is 0.870. The Bertz CT molecular complexity index is 804. The lowest BCUT2D eigenvalue weighted by atomic mass is 9.75. The molecule has 1 aliphatic carbocycles. The first-order chi connectivity index (χ1) is 13.8. The Morgan fingerprint density at radius 2 is 1.52 bits per heavy atom. The van der Waals surface area contributed by atoms with Crippen molar-refractivity contribution >= 4 is 10.0 Å². The molecular weight excluding hydrogens is 382 g/mol. The minimum absolute atomic E-state index is 0.00127. The SMILES string of the molecule is CC1C(C)C2N(S(=O)(=O)C3CCCCCCCCCC3)C1c1cn[nH]c1C2(C)C. The van der Waals surface area contributed by atoms with Crippen LogP contribution in [0.25, 0.3) is 0 Å². The molecule has 6 heteroatoms. The third-order valence-electron chi connectivity index (χ3n) is 8.26. The van der Waals surface area contributed by atoms with Gasteiger partial charge in [0.05, 0.1) is 17.5 Å². The normalized spacial score (nSPS) is 34.5. The monoisotopic (exact) mass is 421 g/mol. The summed E-state index contributed by atoms with van der Waals surface area (Å²) in [5, 5.41) is 7.30. The van der Waals surface area contributed by atoms with Gasteiger partial charge in [-0.3, -0.25) is 5.10 Å². The van der Waals surface area contributed by atoms with Crippen LogP contribution in [0.5, 0.6) is 0 Å². The molecule has 3 heterocycles. The summed E-state index contributed by atoms with van der Waals surface area (Å²) in [6.45, 7) is 8.86. The second-order valence-electron chi connectivity index (χ2n) is 10.4. The van der Waals surface area contributed by atoms with Gasteiger partial charge in [0.1, 0.15) is 0 Å². The summed E-state index contributed by atoms with van der Waals surface area (Å²) >= 11 is 0. The molecule has 3 aliphatic rings. The smallest absolute Gasteiger partial charge is 0.217 e. The Balaban J connectivity index is 1.70. The summed E-state index contributed by atoms with van der Waals surface area (Å²) < 4.78 is 30.3. The molecule has 1 aromatic heterocycles. The van der Waals surface area contributed by atoms with Crippen LogP contribution in [0.1, 0.15) is 109 Å². The average Bonchev–Trinajstić information content (AvgIpc) is 3.22. The number of hydrogen-bond donors (Lipinski definition) is 1. The van der Waals surface area contributed by atoms with Crippen molar-refractivity contribution in [1.82, 2.24) is 14.5 Å². The Morgan fingerprint density at radius 1 is 0.966 bits per heavy atom. The van der Waals surface area contributed by atoms with Gasteiger partial charge in [0.2, 0.25) is 10.0 Å². The van der Waals surface area contributed by atoms with Gasteiger partial charge in [-0.25, -0.2) is 8.42 Å². The van der Waals surface area contributed by atoms with Gasteiger partial charge in [-0.2, -0.15) is 9.40 Å². The van der Waals surface area contributed by atoms with E-state index < -0.39 is 10.0 Å². The fourth-order valence-corrected chi connectivity index (χ4v) is 9.19. The van der Waals surface area contributed by atoms with E-state index in [1.807, 2.05) is 10.5 Å². The standard InChI is InChI=1S/C23H39N3O2S/c1-16-17(2)22-23(3,4)21-19(15-24-25-21)20(16)26(22)29(27,28)18-13-11-9-7-5-6-8-10-12-14-18/h15-18,20,22H,5-14H2,1-4H3,(H,24,25). The van der Waals surface area contributed by atoms with Crippen molar-refractivity contribution in [2.75, 3.05) is 0 Å². The van der Waals surface area contributed by atoms with Crippen LogP contribution in [0.4, 0.5) is 0 Å². The highest BCUT2D eigenvalue weighted by molar-refractivity contribution is 7.89. The number of aromatic amines is 1. The second-order valence-corrected chi connectivity index (χ2v) is 12.6. The molecule has 2 fully saturated rings. The maximum absolute atomic E-state index is 14.2. The summed E-state index contributed by atoms with van der Waals surface area (Å²) in [6.07, 6.45) is 13.1. The molecule has 4 unspecified atom stereocenters. The summed E-state index contributed by atoms with van der Waals surface area (Å²) in [5.41, 5.74) is 1.98. The number of hydrogen-bond acceptors (Lipinski definition) is 3. The number of sulfonamides is 1. The highest BCUT2D eigenvalue weighted by Crippen LogP contribution is 2.58. The average molecular weight is 422 g/mol. The van der Waals surface area contributed by atoms with Crippen LogP contribution < -0.4 is 0 Å². The van der Waals surface area contributed by atoms with E-state index in [0.29, 0.717) is 11.8 Å². The van der Waals surface area contributed by atoms with Gasteiger partial charge in [-0.15, -0.1) is 0 Å². The van der Waals surface area contributed by atoms with Crippen molar-refractivity contribution in [3.63, 3.8) is 0 Å². The fourth-order valence-electron chi connectivity index (χ4n) is 6.53. The van der Waals surface area contributed by atoms with Crippen LogP contribution in [-0.4, -0.2) is 34.2 Å². The molecule has 29 heavy (non-hydrogen) atoms. The van der Waals surface area contributed by atoms with Crippen LogP contribution in [0.2, 0.25) is 0 Å². The zero-order valence-electron chi connectivity index (χ0n) is 18.7. The first-order valence-corrected chi connectivity index (χ1v) is 13.3. The quantitative estimate of drug-likeness (QED) is 0.703. The van der Waals surface area contributed by atoms with Gasteiger partial charge in [-0.1, -0.05) is 79.1 Å². The van der Waals surface area contributed by atoms with Crippen molar-refractivity contribution in [3.8, 4) is 0 Å². The third-order valence-corrected chi connectivity index (χ3v) is 10.6. The number of aromatic nitrogens is 2. The molecule has 5 nitrogen and oxygen atoms in total. The van der Waals surface area contributed by atoms with E-state index in [1.54, 1.807) is 0 Å². The predicted molar refractivity (Wildman–Crippen MR) is 117 cm³/mol. The number of H-pyrrole nitrogens is 1. The van der Waals surface area contributed by atoms with E-state index in [1.165, 1.54) is 38.5 Å². The molecule has 164 valence electrons. The number of rotatable bonds is 2. The molecule has 4 rings (SSSR count). The molecule has 1 N–H and O–H groups in total.